The van der Waals surface area contributed by atoms with E-state index in [0.29, 0.717) is 11.6 Å². The predicted molar refractivity (Wildman–Crippen MR) is 116 cm³/mol. The van der Waals surface area contributed by atoms with Gasteiger partial charge >= 0.3 is 0 Å². The van der Waals surface area contributed by atoms with Crippen LogP contribution in [0, 0.1) is 6.92 Å². The summed E-state index contributed by atoms with van der Waals surface area (Å²) >= 11 is 6.14. The highest BCUT2D eigenvalue weighted by Crippen LogP contribution is 2.24. The van der Waals surface area contributed by atoms with Crippen LogP contribution in [0.15, 0.2) is 71.5 Å². The number of carbonyl (C=O) groups is 1. The highest BCUT2D eigenvalue weighted by Gasteiger charge is 2.16. The fourth-order valence-electron chi connectivity index (χ4n) is 3.59. The molecule has 146 valence electrons. The quantitative estimate of drug-likeness (QED) is 0.548. The Hall–Kier alpha value is -3.31. The molecule has 6 heteroatoms. The van der Waals surface area contributed by atoms with Gasteiger partial charge in [-0.25, -0.2) is 0 Å². The third kappa shape index (κ3) is 3.82. The van der Waals surface area contributed by atoms with Crippen molar-refractivity contribution in [2.24, 2.45) is 5.73 Å². The molecule has 0 radical (unpaired) electrons. The van der Waals surface area contributed by atoms with Crippen LogP contribution in [0.5, 0.6) is 0 Å². The van der Waals surface area contributed by atoms with Crippen molar-refractivity contribution in [1.29, 1.82) is 0 Å². The van der Waals surface area contributed by atoms with Gasteiger partial charge in [-0.3, -0.25) is 14.2 Å². The Kier molecular flexibility index (Phi) is 4.99. The van der Waals surface area contributed by atoms with Gasteiger partial charge in [0.25, 0.3) is 5.56 Å². The van der Waals surface area contributed by atoms with Crippen LogP contribution in [0.25, 0.3) is 16.7 Å². The smallest absolute Gasteiger partial charge is 0.255 e. The molecular formula is C23H20ClN3O2. The average Bonchev–Trinajstić information content (AvgIpc) is 2.99. The summed E-state index contributed by atoms with van der Waals surface area (Å²) in [6.45, 7) is 2.51. The Labute approximate surface area is 173 Å². The first-order valence-electron chi connectivity index (χ1n) is 9.26. The topological polar surface area (TPSA) is 70.0 Å². The Morgan fingerprint density at radius 2 is 1.76 bits per heavy atom. The monoisotopic (exact) mass is 405 g/mol. The van der Waals surface area contributed by atoms with Crippen molar-refractivity contribution in [3.05, 3.63) is 98.9 Å². The van der Waals surface area contributed by atoms with Gasteiger partial charge in [-0.05, 0) is 48.9 Å². The standard InChI is InChI=1S/C23H20ClN3O2/c1-15-5-7-18(8-6-15)27-21-12-19(13-22(25)28)26(20(21)9-10-23(27)29)14-16-3-2-4-17(24)11-16/h2-12H,13-14H2,1H3,(H2,25,28). The fraction of sp³-hybridized carbons (Fsp3) is 0.130. The second kappa shape index (κ2) is 7.60. The number of aryl methyl sites for hydroxylation is 1. The number of nitrogens with zero attached hydrogens (tertiary/aromatic N) is 2. The molecule has 2 aromatic carbocycles. The second-order valence-electron chi connectivity index (χ2n) is 7.11. The molecule has 2 heterocycles. The number of rotatable bonds is 5. The first-order valence-corrected chi connectivity index (χ1v) is 9.64. The second-order valence-corrected chi connectivity index (χ2v) is 7.54. The van der Waals surface area contributed by atoms with E-state index in [9.17, 15) is 9.59 Å². The molecule has 5 nitrogen and oxygen atoms in total. The first kappa shape index (κ1) is 19.0. The molecule has 4 aromatic rings. The Morgan fingerprint density at radius 3 is 2.45 bits per heavy atom. The number of aromatic nitrogens is 2. The number of benzene rings is 2. The minimum Gasteiger partial charge on any atom is -0.369 e. The van der Waals surface area contributed by atoms with Gasteiger partial charge in [0, 0.05) is 29.0 Å². The van der Waals surface area contributed by atoms with Crippen LogP contribution in [-0.4, -0.2) is 15.0 Å². The summed E-state index contributed by atoms with van der Waals surface area (Å²) in [5.74, 6) is -0.426. The van der Waals surface area contributed by atoms with E-state index in [4.69, 9.17) is 17.3 Å². The van der Waals surface area contributed by atoms with Crippen LogP contribution in [0.2, 0.25) is 5.02 Å². The summed E-state index contributed by atoms with van der Waals surface area (Å²) in [6, 6.07) is 20.5. The Bertz CT molecular complexity index is 1270. The molecule has 0 atom stereocenters. The van der Waals surface area contributed by atoms with Crippen LogP contribution in [0.4, 0.5) is 0 Å². The number of nitrogens with two attached hydrogens (primary N) is 1. The van der Waals surface area contributed by atoms with Crippen LogP contribution in [0.3, 0.4) is 0 Å². The fourth-order valence-corrected chi connectivity index (χ4v) is 3.80. The maximum Gasteiger partial charge on any atom is 0.255 e. The zero-order chi connectivity index (χ0) is 20.5. The molecule has 0 saturated heterocycles. The van der Waals surface area contributed by atoms with Gasteiger partial charge < -0.3 is 10.3 Å². The number of pyridine rings is 1. The van der Waals surface area contributed by atoms with Gasteiger partial charge in [0.1, 0.15) is 0 Å². The van der Waals surface area contributed by atoms with E-state index in [-0.39, 0.29) is 12.0 Å². The number of halogens is 1. The van der Waals surface area contributed by atoms with Crippen LogP contribution < -0.4 is 11.3 Å². The minimum atomic E-state index is -0.426. The van der Waals surface area contributed by atoms with Crippen LogP contribution in [-0.2, 0) is 17.8 Å². The first-order chi connectivity index (χ1) is 13.9. The van der Waals surface area contributed by atoms with E-state index >= 15 is 0 Å². The summed E-state index contributed by atoms with van der Waals surface area (Å²) in [6.07, 6.45) is 0.0807. The van der Waals surface area contributed by atoms with Gasteiger partial charge in [0.15, 0.2) is 0 Å². The highest BCUT2D eigenvalue weighted by atomic mass is 35.5. The summed E-state index contributed by atoms with van der Waals surface area (Å²) in [5, 5.41) is 0.645. The zero-order valence-electron chi connectivity index (χ0n) is 15.9. The summed E-state index contributed by atoms with van der Waals surface area (Å²) in [4.78, 5) is 24.4. The van der Waals surface area contributed by atoms with Crippen LogP contribution in [0.1, 0.15) is 16.8 Å². The number of fused-ring (bicyclic) bond motifs is 1. The molecule has 0 bridgehead atoms. The maximum absolute atomic E-state index is 12.7. The van der Waals surface area contributed by atoms with Gasteiger partial charge in [-0.2, -0.15) is 0 Å². The average molecular weight is 406 g/mol. The normalized spacial score (nSPS) is 11.1. The van der Waals surface area contributed by atoms with Crippen molar-refractivity contribution in [1.82, 2.24) is 9.13 Å². The molecule has 0 unspecified atom stereocenters. The van der Waals surface area contributed by atoms with Crippen molar-refractivity contribution in [3.8, 4) is 5.69 Å². The van der Waals surface area contributed by atoms with Gasteiger partial charge in [-0.15, -0.1) is 0 Å². The molecule has 2 aromatic heterocycles. The lowest BCUT2D eigenvalue weighted by atomic mass is 10.2. The summed E-state index contributed by atoms with van der Waals surface area (Å²) < 4.78 is 3.67. The molecule has 0 spiro atoms. The van der Waals surface area contributed by atoms with E-state index < -0.39 is 5.91 Å². The molecule has 2 N–H and O–H groups in total. The minimum absolute atomic E-state index is 0.0807. The van der Waals surface area contributed by atoms with E-state index in [1.165, 1.54) is 0 Å². The Morgan fingerprint density at radius 1 is 1.00 bits per heavy atom. The van der Waals surface area contributed by atoms with Crippen molar-refractivity contribution in [3.63, 3.8) is 0 Å². The molecule has 0 aliphatic rings. The van der Waals surface area contributed by atoms with Gasteiger partial charge in [0.05, 0.1) is 17.5 Å². The van der Waals surface area contributed by atoms with E-state index in [0.717, 1.165) is 33.5 Å². The lowest BCUT2D eigenvalue weighted by Gasteiger charge is -2.12. The SMILES string of the molecule is Cc1ccc(-n2c(=O)ccc3c2cc(CC(N)=O)n3Cc2cccc(Cl)c2)cc1. The third-order valence-corrected chi connectivity index (χ3v) is 5.16. The molecule has 29 heavy (non-hydrogen) atoms. The van der Waals surface area contributed by atoms with E-state index in [2.05, 4.69) is 0 Å². The van der Waals surface area contributed by atoms with E-state index in [1.807, 2.05) is 66.1 Å². The molecule has 1 amide bonds. The number of carbonyl (C=O) groups excluding carboxylic acids is 1. The number of primary amides is 1. The highest BCUT2D eigenvalue weighted by molar-refractivity contribution is 6.30. The van der Waals surface area contributed by atoms with Crippen LogP contribution >= 0.6 is 11.6 Å². The number of hydrogen-bond donors (Lipinski definition) is 1. The number of hydrogen-bond acceptors (Lipinski definition) is 2. The molecule has 4 rings (SSSR count). The molecule has 0 aliphatic heterocycles. The Balaban J connectivity index is 1.94. The maximum atomic E-state index is 12.7. The van der Waals surface area contributed by atoms with Crippen molar-refractivity contribution in [2.45, 2.75) is 19.9 Å². The zero-order valence-corrected chi connectivity index (χ0v) is 16.7. The van der Waals surface area contributed by atoms with Crippen molar-refractivity contribution in [2.75, 3.05) is 0 Å². The molecule has 0 saturated carbocycles. The lowest BCUT2D eigenvalue weighted by molar-refractivity contribution is -0.117. The van der Waals surface area contributed by atoms with Crippen molar-refractivity contribution >= 4 is 28.5 Å². The lowest BCUT2D eigenvalue weighted by Crippen LogP contribution is -2.17. The van der Waals surface area contributed by atoms with Gasteiger partial charge in [-0.1, -0.05) is 41.4 Å². The van der Waals surface area contributed by atoms with Crippen molar-refractivity contribution < 1.29 is 4.79 Å². The summed E-state index contributed by atoms with van der Waals surface area (Å²) in [5.41, 5.74) is 10.6. The largest absolute Gasteiger partial charge is 0.369 e. The van der Waals surface area contributed by atoms with E-state index in [1.54, 1.807) is 16.7 Å². The third-order valence-electron chi connectivity index (χ3n) is 4.93. The molecular weight excluding hydrogens is 386 g/mol. The summed E-state index contributed by atoms with van der Waals surface area (Å²) in [7, 11) is 0. The molecule has 0 fully saturated rings. The number of amides is 1. The van der Waals surface area contributed by atoms with Gasteiger partial charge in [0.2, 0.25) is 5.91 Å². The predicted octanol–water partition coefficient (Wildman–Crippen LogP) is 3.83. The molecule has 0 aliphatic carbocycles.